The first kappa shape index (κ1) is 21.7. The van der Waals surface area contributed by atoms with Crippen LogP contribution in [0.1, 0.15) is 21.6 Å². The van der Waals surface area contributed by atoms with E-state index in [9.17, 15) is 13.4 Å². The maximum absolute atomic E-state index is 14.4. The second-order valence-electron chi connectivity index (χ2n) is 6.33. The van der Waals surface area contributed by atoms with Gasteiger partial charge in [-0.3, -0.25) is 9.78 Å². The fourth-order valence-corrected chi connectivity index (χ4v) is 3.42. The molecule has 0 amide bonds. The van der Waals surface area contributed by atoms with Crippen molar-refractivity contribution in [3.8, 4) is 17.2 Å². The zero-order valence-corrected chi connectivity index (χ0v) is 17.8. The minimum atomic E-state index is -1.24. The molecule has 0 fully saturated rings. The van der Waals surface area contributed by atoms with Gasteiger partial charge in [-0.05, 0) is 41.3 Å². The number of carbonyl (C=O) groups is 1. The zero-order valence-electron chi connectivity index (χ0n) is 16.9. The molecule has 0 aliphatic heterocycles. The molecule has 0 saturated heterocycles. The highest BCUT2D eigenvalue weighted by atomic mass is 32.2. The lowest BCUT2D eigenvalue weighted by atomic mass is 9.98. The second-order valence-corrected chi connectivity index (χ2v) is 7.53. The highest BCUT2D eigenvalue weighted by Gasteiger charge is 2.22. The second kappa shape index (κ2) is 9.19. The molecule has 158 valence electrons. The average Bonchev–Trinajstić information content (AvgIpc) is 2.76. The zero-order chi connectivity index (χ0) is 21.8. The third kappa shape index (κ3) is 4.27. The van der Waals surface area contributed by atoms with E-state index in [0.29, 0.717) is 33.6 Å². The van der Waals surface area contributed by atoms with E-state index in [4.69, 9.17) is 14.2 Å². The van der Waals surface area contributed by atoms with E-state index in [1.165, 1.54) is 52.0 Å². The first-order chi connectivity index (χ1) is 14.4. The number of ketones is 1. The topological polar surface area (TPSA) is 86.8 Å². The smallest absolute Gasteiger partial charge is 0.215 e. The predicted octanol–water partition coefficient (Wildman–Crippen LogP) is 3.01. The van der Waals surface area contributed by atoms with Crippen molar-refractivity contribution in [1.29, 1.82) is 0 Å². The summed E-state index contributed by atoms with van der Waals surface area (Å²) < 4.78 is 44.5. The lowest BCUT2D eigenvalue weighted by Crippen LogP contribution is -2.16. The third-order valence-corrected chi connectivity index (χ3v) is 5.12. The predicted molar refractivity (Wildman–Crippen MR) is 112 cm³/mol. The van der Waals surface area contributed by atoms with Crippen LogP contribution in [0.15, 0.2) is 36.5 Å². The first-order valence-corrected chi connectivity index (χ1v) is 10.4. The summed E-state index contributed by atoms with van der Waals surface area (Å²) in [4.78, 5) is 17.5. The number of pyridine rings is 1. The Labute approximate surface area is 175 Å². The summed E-state index contributed by atoms with van der Waals surface area (Å²) in [6.45, 7) is 0.254. The largest absolute Gasteiger partial charge is 0.497 e. The maximum Gasteiger partial charge on any atom is 0.215 e. The molecule has 30 heavy (non-hydrogen) atoms. The van der Waals surface area contributed by atoms with Crippen LogP contribution in [0.3, 0.4) is 0 Å². The number of methoxy groups -OCH3 is 3. The number of carbonyl (C=O) groups excluding carboxylic acids is 1. The Balaban J connectivity index is 2.23. The molecule has 3 rings (SSSR count). The Kier molecular flexibility index (Phi) is 6.63. The standard InChI is InChI=1S/C21H21FN2O5S/c1-27-13-5-6-17(22)16(7-13)21(25)20-15-9-19(29-3)18(28-2)8-14(15)12(10-23-20)11-24-30(4)26/h5-10,24H,11H2,1-4H3. The molecule has 7 nitrogen and oxygen atoms in total. The van der Waals surface area contributed by atoms with Crippen molar-refractivity contribution in [2.45, 2.75) is 6.54 Å². The normalized spacial score (nSPS) is 11.9. The Bertz CT molecular complexity index is 1140. The van der Waals surface area contributed by atoms with Crippen molar-refractivity contribution in [3.05, 3.63) is 59.2 Å². The van der Waals surface area contributed by atoms with Crippen LogP contribution in [-0.4, -0.2) is 42.6 Å². The molecule has 1 unspecified atom stereocenters. The van der Waals surface area contributed by atoms with E-state index in [-0.39, 0.29) is 17.8 Å². The molecule has 0 radical (unpaired) electrons. The van der Waals surface area contributed by atoms with E-state index in [0.717, 1.165) is 0 Å². The fourth-order valence-electron chi connectivity index (χ4n) is 3.06. The van der Waals surface area contributed by atoms with Crippen molar-refractivity contribution < 1.29 is 27.6 Å². The molecule has 0 saturated carbocycles. The summed E-state index contributed by atoms with van der Waals surface area (Å²) in [5, 5.41) is 1.10. The summed E-state index contributed by atoms with van der Waals surface area (Å²) in [5.74, 6) is -0.0581. The number of hydrogen-bond acceptors (Lipinski definition) is 6. The Morgan fingerprint density at radius 3 is 2.33 bits per heavy atom. The van der Waals surface area contributed by atoms with Crippen molar-refractivity contribution in [1.82, 2.24) is 9.71 Å². The van der Waals surface area contributed by atoms with Crippen LogP contribution in [-0.2, 0) is 17.5 Å². The van der Waals surface area contributed by atoms with E-state index in [2.05, 4.69) is 9.71 Å². The number of aromatic nitrogens is 1. The number of ether oxygens (including phenoxy) is 3. The SMILES string of the molecule is COc1ccc(F)c(C(=O)c2ncc(CNS(C)=O)c3cc(OC)c(OC)cc23)c1. The van der Waals surface area contributed by atoms with E-state index >= 15 is 0 Å². The molecule has 1 N–H and O–H groups in total. The molecule has 0 bridgehead atoms. The lowest BCUT2D eigenvalue weighted by Gasteiger charge is -2.14. The van der Waals surface area contributed by atoms with Gasteiger partial charge in [-0.2, -0.15) is 0 Å². The van der Waals surface area contributed by atoms with Crippen molar-refractivity contribution in [3.63, 3.8) is 0 Å². The van der Waals surface area contributed by atoms with Gasteiger partial charge in [0.2, 0.25) is 5.78 Å². The summed E-state index contributed by atoms with van der Waals surface area (Å²) in [6, 6.07) is 7.28. The number of fused-ring (bicyclic) bond motifs is 1. The molecule has 0 aliphatic carbocycles. The summed E-state index contributed by atoms with van der Waals surface area (Å²) in [6.07, 6.45) is 3.02. The molecule has 3 aromatic rings. The number of nitrogens with one attached hydrogen (secondary N) is 1. The molecular weight excluding hydrogens is 411 g/mol. The first-order valence-electron chi connectivity index (χ1n) is 8.88. The van der Waals surface area contributed by atoms with Gasteiger partial charge in [0.15, 0.2) is 11.5 Å². The van der Waals surface area contributed by atoms with E-state index in [1.54, 1.807) is 12.1 Å². The van der Waals surface area contributed by atoms with Gasteiger partial charge in [-0.25, -0.2) is 13.3 Å². The summed E-state index contributed by atoms with van der Waals surface area (Å²) in [7, 11) is 3.18. The quantitative estimate of drug-likeness (QED) is 0.551. The van der Waals surface area contributed by atoms with Gasteiger partial charge >= 0.3 is 0 Å². The molecule has 2 aromatic carbocycles. The fraction of sp³-hybridized carbons (Fsp3) is 0.238. The molecule has 0 aliphatic rings. The van der Waals surface area contributed by atoms with Gasteiger partial charge in [-0.15, -0.1) is 0 Å². The molecular formula is C21H21FN2O5S. The summed E-state index contributed by atoms with van der Waals surface area (Å²) >= 11 is 0. The van der Waals surface area contributed by atoms with Gasteiger partial charge < -0.3 is 14.2 Å². The van der Waals surface area contributed by atoms with Gasteiger partial charge in [0, 0.05) is 24.4 Å². The van der Waals surface area contributed by atoms with Crippen LogP contribution < -0.4 is 18.9 Å². The van der Waals surface area contributed by atoms with Crippen molar-refractivity contribution >= 4 is 27.5 Å². The molecule has 9 heteroatoms. The van der Waals surface area contributed by atoms with Gasteiger partial charge in [-0.1, -0.05) is 0 Å². The number of benzene rings is 2. The monoisotopic (exact) mass is 432 g/mol. The van der Waals surface area contributed by atoms with Crippen LogP contribution in [0.5, 0.6) is 17.2 Å². The summed E-state index contributed by atoms with van der Waals surface area (Å²) in [5.41, 5.74) is 0.599. The van der Waals surface area contributed by atoms with Crippen molar-refractivity contribution in [2.75, 3.05) is 27.6 Å². The Morgan fingerprint density at radius 2 is 1.73 bits per heavy atom. The molecule has 1 aromatic heterocycles. The third-order valence-electron chi connectivity index (χ3n) is 4.57. The van der Waals surface area contributed by atoms with Gasteiger partial charge in [0.25, 0.3) is 0 Å². The molecule has 1 heterocycles. The minimum absolute atomic E-state index is 0.0551. The van der Waals surface area contributed by atoms with Crippen molar-refractivity contribution in [2.24, 2.45) is 0 Å². The number of halogens is 1. The Morgan fingerprint density at radius 1 is 1.07 bits per heavy atom. The van der Waals surface area contributed by atoms with Crippen LogP contribution in [0, 0.1) is 5.82 Å². The van der Waals surface area contributed by atoms with E-state index in [1.807, 2.05) is 0 Å². The lowest BCUT2D eigenvalue weighted by molar-refractivity contribution is 0.103. The number of hydrogen-bond donors (Lipinski definition) is 1. The van der Waals surface area contributed by atoms with E-state index < -0.39 is 22.6 Å². The maximum atomic E-state index is 14.4. The van der Waals surface area contributed by atoms with Gasteiger partial charge in [0.05, 0.1) is 37.9 Å². The van der Waals surface area contributed by atoms with Crippen LogP contribution in [0.25, 0.3) is 10.8 Å². The van der Waals surface area contributed by atoms with Gasteiger partial charge in [0.1, 0.15) is 17.3 Å². The van der Waals surface area contributed by atoms with Crippen LogP contribution >= 0.6 is 0 Å². The Hall–Kier alpha value is -3.04. The van der Waals surface area contributed by atoms with Crippen LogP contribution in [0.4, 0.5) is 4.39 Å². The molecule has 0 spiro atoms. The molecule has 1 atom stereocenters. The highest BCUT2D eigenvalue weighted by Crippen LogP contribution is 2.35. The highest BCUT2D eigenvalue weighted by molar-refractivity contribution is 7.82. The van der Waals surface area contributed by atoms with Crippen LogP contribution in [0.2, 0.25) is 0 Å². The minimum Gasteiger partial charge on any atom is -0.497 e. The number of nitrogens with zero attached hydrogens (tertiary/aromatic N) is 1. The average molecular weight is 432 g/mol. The number of rotatable bonds is 8.